The summed E-state index contributed by atoms with van der Waals surface area (Å²) in [4.78, 5) is 22.1. The summed E-state index contributed by atoms with van der Waals surface area (Å²) < 4.78 is 21.4. The quantitative estimate of drug-likeness (QED) is 0.341. The lowest BCUT2D eigenvalue weighted by Crippen LogP contribution is -2.24. The SMILES string of the molecule is COc1cc(/C=N\NC(=O)COc2ccc([N+](=O)[O-])cc2Br)cc(OC)c1OC. The van der Waals surface area contributed by atoms with E-state index in [2.05, 4.69) is 26.5 Å². The van der Waals surface area contributed by atoms with Crippen LogP contribution in [0.3, 0.4) is 0 Å². The molecule has 154 valence electrons. The maximum atomic E-state index is 11.9. The van der Waals surface area contributed by atoms with E-state index in [4.69, 9.17) is 18.9 Å². The first-order valence-corrected chi connectivity index (χ1v) is 8.87. The Balaban J connectivity index is 1.97. The minimum Gasteiger partial charge on any atom is -0.493 e. The smallest absolute Gasteiger partial charge is 0.277 e. The number of hydrazone groups is 1. The first-order chi connectivity index (χ1) is 13.9. The molecule has 0 aliphatic carbocycles. The molecule has 0 fully saturated rings. The minimum absolute atomic E-state index is 0.0939. The van der Waals surface area contributed by atoms with Crippen molar-refractivity contribution in [3.05, 3.63) is 50.5 Å². The van der Waals surface area contributed by atoms with Crippen molar-refractivity contribution >= 4 is 33.7 Å². The van der Waals surface area contributed by atoms with Gasteiger partial charge in [0.15, 0.2) is 18.1 Å². The van der Waals surface area contributed by atoms with E-state index in [1.807, 2.05) is 0 Å². The summed E-state index contributed by atoms with van der Waals surface area (Å²) in [5.74, 6) is 1.12. The average molecular weight is 468 g/mol. The Hall–Kier alpha value is -3.34. The molecule has 2 rings (SSSR count). The van der Waals surface area contributed by atoms with Gasteiger partial charge in [-0.2, -0.15) is 5.10 Å². The van der Waals surface area contributed by atoms with Crippen molar-refractivity contribution in [2.75, 3.05) is 27.9 Å². The second kappa shape index (κ2) is 10.3. The Morgan fingerprint density at radius 1 is 1.14 bits per heavy atom. The summed E-state index contributed by atoms with van der Waals surface area (Å²) in [5.41, 5.74) is 2.84. The third-order valence-corrected chi connectivity index (χ3v) is 4.19. The normalized spacial score (nSPS) is 10.5. The van der Waals surface area contributed by atoms with Gasteiger partial charge in [-0.25, -0.2) is 5.43 Å². The minimum atomic E-state index is -0.529. The van der Waals surface area contributed by atoms with Gasteiger partial charge < -0.3 is 18.9 Å². The number of nitrogens with one attached hydrogen (secondary N) is 1. The lowest BCUT2D eigenvalue weighted by Gasteiger charge is -2.12. The summed E-state index contributed by atoms with van der Waals surface area (Å²) in [6.07, 6.45) is 1.41. The van der Waals surface area contributed by atoms with Crippen molar-refractivity contribution in [1.82, 2.24) is 5.43 Å². The fourth-order valence-corrected chi connectivity index (χ4v) is 2.73. The highest BCUT2D eigenvalue weighted by molar-refractivity contribution is 9.10. The molecule has 29 heavy (non-hydrogen) atoms. The van der Waals surface area contributed by atoms with E-state index < -0.39 is 10.8 Å². The number of non-ortho nitro benzene ring substituents is 1. The predicted molar refractivity (Wildman–Crippen MR) is 108 cm³/mol. The van der Waals surface area contributed by atoms with Crippen LogP contribution in [0.15, 0.2) is 39.9 Å². The molecular formula is C18H18BrN3O7. The molecule has 0 heterocycles. The predicted octanol–water partition coefficient (Wildman–Crippen LogP) is 2.91. The summed E-state index contributed by atoms with van der Waals surface area (Å²) >= 11 is 3.16. The third-order valence-electron chi connectivity index (χ3n) is 3.57. The number of nitro benzene ring substituents is 1. The van der Waals surface area contributed by atoms with Crippen LogP contribution in [0, 0.1) is 10.1 Å². The molecule has 1 N–H and O–H groups in total. The van der Waals surface area contributed by atoms with Crippen LogP contribution >= 0.6 is 15.9 Å². The molecule has 0 radical (unpaired) electrons. The molecule has 11 heteroatoms. The number of carbonyl (C=O) groups excluding carboxylic acids is 1. The first kappa shape index (κ1) is 22.0. The van der Waals surface area contributed by atoms with Gasteiger partial charge in [-0.05, 0) is 34.1 Å². The molecular weight excluding hydrogens is 450 g/mol. The van der Waals surface area contributed by atoms with Gasteiger partial charge in [0.1, 0.15) is 5.75 Å². The van der Waals surface area contributed by atoms with Crippen molar-refractivity contribution in [2.24, 2.45) is 5.10 Å². The summed E-state index contributed by atoms with van der Waals surface area (Å²) in [6.45, 7) is -0.330. The number of rotatable bonds is 9. The second-order valence-electron chi connectivity index (χ2n) is 5.41. The number of amides is 1. The Morgan fingerprint density at radius 2 is 1.79 bits per heavy atom. The molecule has 0 atom stereocenters. The highest BCUT2D eigenvalue weighted by Crippen LogP contribution is 2.37. The summed E-state index contributed by atoms with van der Waals surface area (Å²) in [6, 6.07) is 7.30. The maximum absolute atomic E-state index is 11.9. The molecule has 0 aliphatic rings. The summed E-state index contributed by atoms with van der Waals surface area (Å²) in [7, 11) is 4.49. The van der Waals surface area contributed by atoms with Gasteiger partial charge in [0.25, 0.3) is 11.6 Å². The monoisotopic (exact) mass is 467 g/mol. The number of hydrogen-bond acceptors (Lipinski definition) is 8. The van der Waals surface area contributed by atoms with Crippen LogP contribution in [0.1, 0.15) is 5.56 Å². The zero-order valence-corrected chi connectivity index (χ0v) is 17.4. The zero-order valence-electron chi connectivity index (χ0n) is 15.8. The number of carbonyl (C=O) groups is 1. The van der Waals surface area contributed by atoms with Gasteiger partial charge in [0, 0.05) is 17.7 Å². The molecule has 0 spiro atoms. The van der Waals surface area contributed by atoms with E-state index in [9.17, 15) is 14.9 Å². The molecule has 0 unspecified atom stereocenters. The molecule has 0 aliphatic heterocycles. The van der Waals surface area contributed by atoms with Crippen LogP contribution in [0.25, 0.3) is 0 Å². The van der Waals surface area contributed by atoms with Gasteiger partial charge in [0.2, 0.25) is 5.75 Å². The molecule has 0 saturated carbocycles. The molecule has 0 saturated heterocycles. The first-order valence-electron chi connectivity index (χ1n) is 8.08. The van der Waals surface area contributed by atoms with Crippen molar-refractivity contribution in [2.45, 2.75) is 0 Å². The number of ether oxygens (including phenoxy) is 4. The van der Waals surface area contributed by atoms with E-state index >= 15 is 0 Å². The fraction of sp³-hybridized carbons (Fsp3) is 0.222. The summed E-state index contributed by atoms with van der Waals surface area (Å²) in [5, 5.41) is 14.6. The number of hydrogen-bond donors (Lipinski definition) is 1. The third kappa shape index (κ3) is 5.82. The van der Waals surface area contributed by atoms with Crippen molar-refractivity contribution in [1.29, 1.82) is 0 Å². The van der Waals surface area contributed by atoms with Gasteiger partial charge in [-0.15, -0.1) is 0 Å². The Bertz CT molecular complexity index is 909. The number of nitrogens with zero attached hydrogens (tertiary/aromatic N) is 2. The van der Waals surface area contributed by atoms with E-state index in [1.165, 1.54) is 45.7 Å². The molecule has 2 aromatic carbocycles. The van der Waals surface area contributed by atoms with Crippen LogP contribution in [0.5, 0.6) is 23.0 Å². The molecule has 10 nitrogen and oxygen atoms in total. The average Bonchev–Trinajstić information content (AvgIpc) is 2.71. The van der Waals surface area contributed by atoms with Crippen LogP contribution in [0.4, 0.5) is 5.69 Å². The topological polar surface area (TPSA) is 122 Å². The lowest BCUT2D eigenvalue weighted by molar-refractivity contribution is -0.384. The van der Waals surface area contributed by atoms with E-state index in [1.54, 1.807) is 12.1 Å². The van der Waals surface area contributed by atoms with Crippen LogP contribution < -0.4 is 24.4 Å². The van der Waals surface area contributed by atoms with Crippen molar-refractivity contribution in [3.8, 4) is 23.0 Å². The number of benzene rings is 2. The van der Waals surface area contributed by atoms with E-state index in [0.717, 1.165) is 0 Å². The largest absolute Gasteiger partial charge is 0.493 e. The Morgan fingerprint density at radius 3 is 2.31 bits per heavy atom. The molecule has 0 aromatic heterocycles. The Labute approximate surface area is 174 Å². The fourth-order valence-electron chi connectivity index (χ4n) is 2.25. The van der Waals surface area contributed by atoms with Crippen LogP contribution in [-0.4, -0.2) is 45.0 Å². The molecule has 2 aromatic rings. The number of halogens is 1. The standard InChI is InChI=1S/C18H18BrN3O7/c1-26-15-6-11(7-16(27-2)18(15)28-3)9-20-21-17(23)10-29-14-5-4-12(22(24)25)8-13(14)19/h4-9H,10H2,1-3H3,(H,21,23)/b20-9-. The van der Waals surface area contributed by atoms with Crippen LogP contribution in [-0.2, 0) is 4.79 Å². The zero-order chi connectivity index (χ0) is 21.4. The van der Waals surface area contributed by atoms with Crippen LogP contribution in [0.2, 0.25) is 0 Å². The van der Waals surface area contributed by atoms with Crippen molar-refractivity contribution in [3.63, 3.8) is 0 Å². The van der Waals surface area contributed by atoms with E-state index in [-0.39, 0.29) is 12.3 Å². The molecule has 1 amide bonds. The highest BCUT2D eigenvalue weighted by Gasteiger charge is 2.13. The van der Waals surface area contributed by atoms with Gasteiger partial charge in [0.05, 0.1) is 36.9 Å². The van der Waals surface area contributed by atoms with E-state index in [0.29, 0.717) is 33.0 Å². The Kier molecular flexibility index (Phi) is 7.78. The van der Waals surface area contributed by atoms with Crippen molar-refractivity contribution < 1.29 is 28.7 Å². The van der Waals surface area contributed by atoms with Gasteiger partial charge in [-0.1, -0.05) is 0 Å². The number of nitro groups is 1. The maximum Gasteiger partial charge on any atom is 0.277 e. The second-order valence-corrected chi connectivity index (χ2v) is 6.27. The highest BCUT2D eigenvalue weighted by atomic mass is 79.9. The van der Waals surface area contributed by atoms with Gasteiger partial charge in [-0.3, -0.25) is 14.9 Å². The lowest BCUT2D eigenvalue weighted by atomic mass is 10.2. The molecule has 0 bridgehead atoms. The van der Waals surface area contributed by atoms with Gasteiger partial charge >= 0.3 is 0 Å². The number of methoxy groups -OCH3 is 3.